The molecule has 15 heavy (non-hydrogen) atoms. The quantitative estimate of drug-likeness (QED) is 0.887. The summed E-state index contributed by atoms with van der Waals surface area (Å²) in [6.45, 7) is 4.19. The van der Waals surface area contributed by atoms with Crippen LogP contribution in [0.15, 0.2) is 28.2 Å². The van der Waals surface area contributed by atoms with Gasteiger partial charge in [0.1, 0.15) is 0 Å². The average Bonchev–Trinajstić information content (AvgIpc) is 2.18. The minimum absolute atomic E-state index is 0.0800. The highest BCUT2D eigenvalue weighted by molar-refractivity contribution is 9.10. The Balaban J connectivity index is 3.10. The zero-order valence-electron chi connectivity index (χ0n) is 8.80. The Morgan fingerprint density at radius 2 is 2.20 bits per heavy atom. The van der Waals surface area contributed by atoms with Crippen molar-refractivity contribution in [2.24, 2.45) is 5.92 Å². The van der Waals surface area contributed by atoms with Gasteiger partial charge in [0.15, 0.2) is 0 Å². The topological polar surface area (TPSA) is 20.2 Å². The van der Waals surface area contributed by atoms with Gasteiger partial charge >= 0.3 is 0 Å². The van der Waals surface area contributed by atoms with E-state index in [1.807, 2.05) is 24.3 Å². The van der Waals surface area contributed by atoms with Crippen LogP contribution in [0.1, 0.15) is 19.4 Å². The molecule has 1 aromatic carbocycles. The SMILES string of the molecule is CC(C)C(=Cc1cc(Cl)ccc1Br)CO. The molecular formula is C12H14BrClO. The lowest BCUT2D eigenvalue weighted by molar-refractivity contribution is 0.320. The van der Waals surface area contributed by atoms with E-state index in [9.17, 15) is 5.11 Å². The standard InChI is InChI=1S/C12H14BrClO/c1-8(2)10(7-15)5-9-6-11(14)3-4-12(9)13/h3-6,8,15H,7H2,1-2H3. The van der Waals surface area contributed by atoms with E-state index in [1.54, 1.807) is 0 Å². The molecule has 0 fully saturated rings. The Hall–Kier alpha value is -0.310. The minimum atomic E-state index is 0.0800. The molecule has 0 aromatic heterocycles. The fraction of sp³-hybridized carbons (Fsp3) is 0.333. The molecule has 0 aliphatic heterocycles. The van der Waals surface area contributed by atoms with E-state index in [4.69, 9.17) is 11.6 Å². The van der Waals surface area contributed by atoms with Gasteiger partial charge in [0.25, 0.3) is 0 Å². The van der Waals surface area contributed by atoms with Gasteiger partial charge in [-0.05, 0) is 35.3 Å². The number of benzene rings is 1. The van der Waals surface area contributed by atoms with Gasteiger partial charge in [0.2, 0.25) is 0 Å². The van der Waals surface area contributed by atoms with Crippen LogP contribution in [0.4, 0.5) is 0 Å². The van der Waals surface area contributed by atoms with Crippen molar-refractivity contribution >= 4 is 33.6 Å². The highest BCUT2D eigenvalue weighted by Crippen LogP contribution is 2.24. The van der Waals surface area contributed by atoms with Crippen LogP contribution in [0, 0.1) is 5.92 Å². The number of rotatable bonds is 3. The number of halogens is 2. The van der Waals surface area contributed by atoms with E-state index in [1.165, 1.54) is 0 Å². The third-order valence-corrected chi connectivity index (χ3v) is 3.18. The summed E-state index contributed by atoms with van der Waals surface area (Å²) in [5, 5.41) is 9.90. The molecule has 0 amide bonds. The lowest BCUT2D eigenvalue weighted by atomic mass is 10.0. The number of aliphatic hydroxyl groups is 1. The maximum absolute atomic E-state index is 9.20. The molecule has 1 aromatic rings. The maximum Gasteiger partial charge on any atom is 0.0647 e. The summed E-state index contributed by atoms with van der Waals surface area (Å²) in [6.07, 6.45) is 1.97. The molecular weight excluding hydrogens is 275 g/mol. The number of hydrogen-bond donors (Lipinski definition) is 1. The second kappa shape index (κ2) is 5.69. The summed E-state index contributed by atoms with van der Waals surface area (Å²) < 4.78 is 0.985. The van der Waals surface area contributed by atoms with Crippen molar-refractivity contribution in [3.63, 3.8) is 0 Å². The molecule has 1 N–H and O–H groups in total. The van der Waals surface area contributed by atoms with Crippen LogP contribution >= 0.6 is 27.5 Å². The second-order valence-corrected chi connectivity index (χ2v) is 4.99. The van der Waals surface area contributed by atoms with Crippen molar-refractivity contribution in [2.75, 3.05) is 6.61 Å². The first-order chi connectivity index (χ1) is 7.04. The smallest absolute Gasteiger partial charge is 0.0647 e. The van der Waals surface area contributed by atoms with E-state index >= 15 is 0 Å². The average molecular weight is 290 g/mol. The Bertz CT molecular complexity index is 372. The van der Waals surface area contributed by atoms with Crippen LogP contribution in [-0.2, 0) is 0 Å². The zero-order valence-corrected chi connectivity index (χ0v) is 11.1. The zero-order chi connectivity index (χ0) is 11.4. The minimum Gasteiger partial charge on any atom is -0.392 e. The summed E-state index contributed by atoms with van der Waals surface area (Å²) in [5.41, 5.74) is 2.00. The Kier molecular flexibility index (Phi) is 4.84. The van der Waals surface area contributed by atoms with Gasteiger partial charge in [-0.15, -0.1) is 0 Å². The number of aliphatic hydroxyl groups excluding tert-OH is 1. The lowest BCUT2D eigenvalue weighted by Gasteiger charge is -2.09. The molecule has 0 saturated carbocycles. The molecule has 1 nitrogen and oxygen atoms in total. The Morgan fingerprint density at radius 3 is 2.73 bits per heavy atom. The van der Waals surface area contributed by atoms with Gasteiger partial charge in [-0.1, -0.05) is 47.5 Å². The fourth-order valence-electron chi connectivity index (χ4n) is 1.22. The summed E-state index contributed by atoms with van der Waals surface area (Å²) in [5.74, 6) is 0.334. The third-order valence-electron chi connectivity index (χ3n) is 2.22. The van der Waals surface area contributed by atoms with Gasteiger partial charge in [-0.25, -0.2) is 0 Å². The van der Waals surface area contributed by atoms with Gasteiger partial charge in [0.05, 0.1) is 6.61 Å². The largest absolute Gasteiger partial charge is 0.392 e. The predicted molar refractivity (Wildman–Crippen MR) is 69.1 cm³/mol. The van der Waals surface area contributed by atoms with Crippen molar-refractivity contribution in [3.8, 4) is 0 Å². The lowest BCUT2D eigenvalue weighted by Crippen LogP contribution is -1.98. The molecule has 0 aliphatic carbocycles. The van der Waals surface area contributed by atoms with Crippen LogP contribution in [0.2, 0.25) is 5.02 Å². The van der Waals surface area contributed by atoms with E-state index in [-0.39, 0.29) is 6.61 Å². The van der Waals surface area contributed by atoms with Crippen molar-refractivity contribution in [1.29, 1.82) is 0 Å². The first-order valence-electron chi connectivity index (χ1n) is 4.81. The molecule has 0 heterocycles. The second-order valence-electron chi connectivity index (χ2n) is 3.70. The molecule has 0 radical (unpaired) electrons. The van der Waals surface area contributed by atoms with E-state index in [0.717, 1.165) is 15.6 Å². The summed E-state index contributed by atoms with van der Waals surface area (Å²) in [7, 11) is 0. The first kappa shape index (κ1) is 12.8. The van der Waals surface area contributed by atoms with Crippen LogP contribution < -0.4 is 0 Å². The van der Waals surface area contributed by atoms with Crippen molar-refractivity contribution < 1.29 is 5.11 Å². The molecule has 1 rings (SSSR count). The van der Waals surface area contributed by atoms with Crippen LogP contribution in [0.25, 0.3) is 6.08 Å². The molecule has 0 unspecified atom stereocenters. The summed E-state index contributed by atoms with van der Waals surface area (Å²) in [4.78, 5) is 0. The molecule has 0 spiro atoms. The highest BCUT2D eigenvalue weighted by Gasteiger charge is 2.04. The van der Waals surface area contributed by atoms with Crippen LogP contribution in [0.3, 0.4) is 0 Å². The van der Waals surface area contributed by atoms with Crippen molar-refractivity contribution in [1.82, 2.24) is 0 Å². The van der Waals surface area contributed by atoms with Crippen LogP contribution in [0.5, 0.6) is 0 Å². The fourth-order valence-corrected chi connectivity index (χ4v) is 1.76. The highest BCUT2D eigenvalue weighted by atomic mass is 79.9. The Morgan fingerprint density at radius 1 is 1.53 bits per heavy atom. The molecule has 0 atom stereocenters. The Labute approximate surface area is 104 Å². The van der Waals surface area contributed by atoms with E-state index < -0.39 is 0 Å². The third kappa shape index (κ3) is 3.63. The molecule has 82 valence electrons. The number of hydrogen-bond acceptors (Lipinski definition) is 1. The van der Waals surface area contributed by atoms with Gasteiger partial charge in [-0.3, -0.25) is 0 Å². The van der Waals surface area contributed by atoms with Crippen molar-refractivity contribution in [3.05, 3.63) is 38.8 Å². The summed E-state index contributed by atoms with van der Waals surface area (Å²) >= 11 is 9.36. The van der Waals surface area contributed by atoms with E-state index in [0.29, 0.717) is 10.9 Å². The predicted octanol–water partition coefficient (Wildman–Crippen LogP) is 4.13. The first-order valence-corrected chi connectivity index (χ1v) is 5.98. The van der Waals surface area contributed by atoms with E-state index in [2.05, 4.69) is 29.8 Å². The monoisotopic (exact) mass is 288 g/mol. The molecule has 3 heteroatoms. The summed E-state index contributed by atoms with van der Waals surface area (Å²) in [6, 6.07) is 5.62. The molecule has 0 aliphatic rings. The van der Waals surface area contributed by atoms with Crippen molar-refractivity contribution in [2.45, 2.75) is 13.8 Å². The van der Waals surface area contributed by atoms with Gasteiger partial charge in [-0.2, -0.15) is 0 Å². The van der Waals surface area contributed by atoms with Gasteiger partial charge in [0, 0.05) is 9.50 Å². The van der Waals surface area contributed by atoms with Crippen LogP contribution in [-0.4, -0.2) is 11.7 Å². The molecule has 0 saturated heterocycles. The van der Waals surface area contributed by atoms with Gasteiger partial charge < -0.3 is 5.11 Å². The molecule has 0 bridgehead atoms. The normalized spacial score (nSPS) is 12.3. The maximum atomic E-state index is 9.20.